The van der Waals surface area contributed by atoms with Gasteiger partial charge in [-0.05, 0) is 93.2 Å². The van der Waals surface area contributed by atoms with Crippen LogP contribution in [0.25, 0.3) is 0 Å². The van der Waals surface area contributed by atoms with Gasteiger partial charge in [0.15, 0.2) is 14.5 Å². The van der Waals surface area contributed by atoms with Crippen LogP contribution < -0.4 is 20.7 Å². The molecule has 17 heteroatoms. The van der Waals surface area contributed by atoms with Gasteiger partial charge in [0.05, 0.1) is 51.8 Å². The van der Waals surface area contributed by atoms with Crippen LogP contribution in [0, 0.1) is 11.3 Å². The summed E-state index contributed by atoms with van der Waals surface area (Å²) in [5.41, 5.74) is 0.00593. The molecule has 0 bridgehead atoms. The van der Waals surface area contributed by atoms with Crippen LogP contribution in [0.15, 0.2) is 106 Å². The Balaban J connectivity index is 1.82. The van der Waals surface area contributed by atoms with Gasteiger partial charge in [-0.2, -0.15) is 5.26 Å². The first-order valence-electron chi connectivity index (χ1n) is 23.0. The highest BCUT2D eigenvalue weighted by molar-refractivity contribution is 7.44. The van der Waals surface area contributed by atoms with E-state index in [1.807, 2.05) is 78.9 Å². The van der Waals surface area contributed by atoms with E-state index < -0.39 is 58.2 Å². The molecule has 1 aliphatic rings. The number of hydrogen-bond acceptors (Lipinski definition) is 12. The van der Waals surface area contributed by atoms with E-state index in [-0.39, 0.29) is 54.6 Å². The Hall–Kier alpha value is -4.95. The van der Waals surface area contributed by atoms with Gasteiger partial charge < -0.3 is 37.3 Å². The fourth-order valence-corrected chi connectivity index (χ4v) is 11.0. The molecule has 1 aliphatic heterocycles. The summed E-state index contributed by atoms with van der Waals surface area (Å²) in [6.07, 6.45) is -0.987. The first-order valence-corrected chi connectivity index (χ1v) is 27.0. The Bertz CT molecular complexity index is 2390. The fraction of sp³-hybridized carbons (Fsp3) is 0.490. The number of ether oxygens (including phenoxy) is 4. The van der Waals surface area contributed by atoms with Crippen LogP contribution in [0.4, 0.5) is 5.82 Å². The number of methoxy groups -OCH3 is 2. The molecule has 1 aromatic heterocycles. The van der Waals surface area contributed by atoms with Gasteiger partial charge in [0, 0.05) is 26.2 Å². The van der Waals surface area contributed by atoms with Gasteiger partial charge in [-0.15, -0.1) is 6.58 Å². The van der Waals surface area contributed by atoms with E-state index in [0.717, 1.165) is 21.3 Å². The second kappa shape index (κ2) is 23.6. The zero-order chi connectivity index (χ0) is 50.0. The molecule has 0 spiro atoms. The molecule has 1 saturated heterocycles. The van der Waals surface area contributed by atoms with E-state index in [0.29, 0.717) is 11.5 Å². The maximum absolute atomic E-state index is 14.9. The largest absolute Gasteiger partial charge is 0.497 e. The number of allylic oxidation sites excluding steroid dienone is 1. The molecular weight excluding hydrogens is 900 g/mol. The zero-order valence-corrected chi connectivity index (χ0v) is 43.9. The fourth-order valence-electron chi connectivity index (χ4n) is 7.92. The lowest BCUT2D eigenvalue weighted by Crippen LogP contribution is -2.52. The van der Waals surface area contributed by atoms with Crippen molar-refractivity contribution in [2.45, 2.75) is 122 Å². The molecule has 368 valence electrons. The summed E-state index contributed by atoms with van der Waals surface area (Å²) < 4.78 is 50.2. The maximum atomic E-state index is 14.9. The van der Waals surface area contributed by atoms with Crippen molar-refractivity contribution in [3.63, 3.8) is 0 Å². The molecule has 0 amide bonds. The van der Waals surface area contributed by atoms with Gasteiger partial charge in [-0.25, -0.2) is 19.0 Å². The number of nitrogens with one attached hydrogen (secondary N) is 1. The molecule has 1 fully saturated rings. The molecule has 4 aromatic rings. The molecule has 3 aromatic carbocycles. The van der Waals surface area contributed by atoms with Gasteiger partial charge >= 0.3 is 5.69 Å². The number of nitriles is 1. The molecule has 5 atom stereocenters. The Morgan fingerprint density at radius 3 is 1.96 bits per heavy atom. The van der Waals surface area contributed by atoms with Crippen LogP contribution in [0.1, 0.15) is 83.4 Å². The number of hydrogen-bond donors (Lipinski definition) is 1. The first-order chi connectivity index (χ1) is 32.2. The van der Waals surface area contributed by atoms with Gasteiger partial charge in [0.1, 0.15) is 41.2 Å². The lowest BCUT2D eigenvalue weighted by molar-refractivity contribution is -0.0950. The molecule has 0 radical (unpaired) electrons. The number of benzene rings is 3. The predicted molar refractivity (Wildman–Crippen MR) is 271 cm³/mol. The van der Waals surface area contributed by atoms with Crippen LogP contribution in [0.2, 0.25) is 18.1 Å². The Labute approximate surface area is 404 Å². The lowest BCUT2D eigenvalue weighted by Gasteiger charge is -2.42. The molecular formula is C51H71N6O9PSi. The van der Waals surface area contributed by atoms with Gasteiger partial charge in [-0.1, -0.05) is 81.4 Å². The minimum Gasteiger partial charge on any atom is -0.497 e. The van der Waals surface area contributed by atoms with Crippen LogP contribution in [-0.4, -0.2) is 106 Å². The summed E-state index contributed by atoms with van der Waals surface area (Å²) in [4.78, 5) is 38.5. The Morgan fingerprint density at radius 1 is 0.912 bits per heavy atom. The quantitative estimate of drug-likeness (QED) is 0.0143. The van der Waals surface area contributed by atoms with E-state index in [1.54, 1.807) is 39.3 Å². The second-order valence-corrected chi connectivity index (χ2v) is 25.1. The average Bonchev–Trinajstić information content (AvgIpc) is 3.61. The van der Waals surface area contributed by atoms with E-state index in [2.05, 4.69) is 88.9 Å². The number of rotatable bonds is 23. The lowest BCUT2D eigenvalue weighted by atomic mass is 9.80. The summed E-state index contributed by atoms with van der Waals surface area (Å²) in [7, 11) is 2.12. The molecule has 15 nitrogen and oxygen atoms in total. The van der Waals surface area contributed by atoms with Crippen molar-refractivity contribution in [1.82, 2.24) is 19.1 Å². The molecule has 1 N–H and O–H groups in total. The van der Waals surface area contributed by atoms with Crippen molar-refractivity contribution in [2.75, 3.05) is 41.5 Å². The number of nitrogens with zero attached hydrogens (tertiary/aromatic N) is 5. The van der Waals surface area contributed by atoms with E-state index >= 15 is 0 Å². The van der Waals surface area contributed by atoms with E-state index in [1.165, 1.54) is 6.34 Å². The van der Waals surface area contributed by atoms with Crippen molar-refractivity contribution in [1.29, 1.82) is 5.26 Å². The van der Waals surface area contributed by atoms with Crippen molar-refractivity contribution in [3.8, 4) is 17.6 Å². The third kappa shape index (κ3) is 12.2. The molecule has 0 saturated carbocycles. The topological polar surface area (TPSA) is 162 Å². The van der Waals surface area contributed by atoms with Crippen LogP contribution in [0.3, 0.4) is 0 Å². The summed E-state index contributed by atoms with van der Waals surface area (Å²) in [6, 6.07) is 27.4. The normalized spacial score (nSPS) is 18.3. The summed E-state index contributed by atoms with van der Waals surface area (Å²) in [6.45, 7) is 22.7. The maximum Gasteiger partial charge on any atom is 0.332 e. The summed E-state index contributed by atoms with van der Waals surface area (Å²) in [5.74, 6) is 1.45. The highest BCUT2D eigenvalue weighted by atomic mass is 31.2. The number of aromatic nitrogens is 2. The molecule has 0 aliphatic carbocycles. The highest BCUT2D eigenvalue weighted by Gasteiger charge is 2.55. The van der Waals surface area contributed by atoms with E-state index in [4.69, 9.17) is 32.4 Å². The van der Waals surface area contributed by atoms with Crippen molar-refractivity contribution < 1.29 is 32.4 Å². The van der Waals surface area contributed by atoms with Gasteiger partial charge in [-0.3, -0.25) is 9.78 Å². The Kier molecular flexibility index (Phi) is 18.7. The van der Waals surface area contributed by atoms with Crippen molar-refractivity contribution in [2.24, 2.45) is 4.99 Å². The minimum atomic E-state index is -2.79. The first kappa shape index (κ1) is 54.0. The predicted octanol–water partition coefficient (Wildman–Crippen LogP) is 9.46. The number of aromatic amines is 1. The van der Waals surface area contributed by atoms with Gasteiger partial charge in [0.25, 0.3) is 14.1 Å². The third-order valence-electron chi connectivity index (χ3n) is 12.3. The minimum absolute atomic E-state index is 0.0474. The SMILES string of the molecule is C=CCc1c(/N=C\N(C)C)[nH]c(=O)n([C@@H]2O[C@H](COC(c3ccccc3)(c3ccc(OC)cc3)c3ccc(OC)cc3)[C@@H](OP(OCCC#N)N(C(C)C)C(C)C)[C@H]2O[Si](C)(C)C(C)(C)C)c1=O. The van der Waals surface area contributed by atoms with Crippen LogP contribution in [0.5, 0.6) is 11.5 Å². The standard InChI is InChI=1S/C51H71N6O9PSi/c1-15-20-42-46(53-34-55(9)10)54-49(59)56(47(42)58)48-45(66-68(13,14)50(6,7)8)44(65-67(63-32-19-31-52)57(35(2)3)36(4)5)43(64-48)33-62-51(37-21-17-16-18-22-37,38-23-27-40(60-11)28-24-38)39-25-29-41(61-12)30-26-39/h15-18,21-30,34-36,43-45,48H,1,19-20,32-33H2,2-14H3,(H,54,59)/b53-34-/t43-,44-,45-,48-,67?/m1/s1. The second-order valence-electron chi connectivity index (χ2n) is 19.0. The Morgan fingerprint density at radius 2 is 1.47 bits per heavy atom. The molecule has 2 heterocycles. The summed E-state index contributed by atoms with van der Waals surface area (Å²) in [5, 5.41) is 9.30. The van der Waals surface area contributed by atoms with Crippen LogP contribution in [-0.2, 0) is 35.0 Å². The van der Waals surface area contributed by atoms with Crippen LogP contribution >= 0.6 is 8.53 Å². The van der Waals surface area contributed by atoms with Gasteiger partial charge in [0.2, 0.25) is 0 Å². The zero-order valence-electron chi connectivity index (χ0n) is 42.0. The number of H-pyrrole nitrogens is 1. The average molecular weight is 971 g/mol. The number of aliphatic imine (C=N–C) groups is 1. The van der Waals surface area contributed by atoms with Crippen molar-refractivity contribution in [3.05, 3.63) is 135 Å². The summed E-state index contributed by atoms with van der Waals surface area (Å²) >= 11 is 0. The van der Waals surface area contributed by atoms with Crippen molar-refractivity contribution >= 4 is 29.0 Å². The molecule has 5 rings (SSSR count). The monoisotopic (exact) mass is 970 g/mol. The van der Waals surface area contributed by atoms with E-state index in [9.17, 15) is 14.9 Å². The third-order valence-corrected chi connectivity index (χ3v) is 18.9. The smallest absolute Gasteiger partial charge is 0.332 e. The molecule has 68 heavy (non-hydrogen) atoms. The molecule has 1 unspecified atom stereocenters. The highest BCUT2D eigenvalue weighted by Crippen LogP contribution is 2.52.